The van der Waals surface area contributed by atoms with Crippen molar-refractivity contribution in [2.24, 2.45) is 0 Å². The Morgan fingerprint density at radius 2 is 1.68 bits per heavy atom. The van der Waals surface area contributed by atoms with E-state index in [9.17, 15) is 18.0 Å². The quantitative estimate of drug-likeness (QED) is 0.909. The maximum absolute atomic E-state index is 10.6. The monoisotopic (exact) mass is 315 g/mol. The molecule has 2 rings (SSSR count). The summed E-state index contributed by atoms with van der Waals surface area (Å²) in [5, 5.41) is 16.8. The Balaban J connectivity index is 0.000000295. The number of fused-ring (bicyclic) bond motifs is 1. The van der Waals surface area contributed by atoms with Crippen molar-refractivity contribution in [1.29, 1.82) is 0 Å². The van der Waals surface area contributed by atoms with E-state index in [2.05, 4.69) is 4.98 Å². The predicted octanol–water partition coefficient (Wildman–Crippen LogP) is 2.89. The van der Waals surface area contributed by atoms with Gasteiger partial charge in [-0.3, -0.25) is 9.78 Å². The van der Waals surface area contributed by atoms with Gasteiger partial charge < -0.3 is 10.2 Å². The molecule has 118 valence electrons. The highest BCUT2D eigenvalue weighted by Gasteiger charge is 2.38. The van der Waals surface area contributed by atoms with E-state index in [1.807, 2.05) is 30.3 Å². The maximum Gasteiger partial charge on any atom is 0.490 e. The van der Waals surface area contributed by atoms with Crippen LogP contribution in [0.15, 0.2) is 36.5 Å². The van der Waals surface area contributed by atoms with Gasteiger partial charge in [0.2, 0.25) is 0 Å². The smallest absolute Gasteiger partial charge is 0.481 e. The minimum absolute atomic E-state index is 0.161. The first-order valence-corrected chi connectivity index (χ1v) is 6.06. The number of hydrogen-bond acceptors (Lipinski definition) is 3. The van der Waals surface area contributed by atoms with Crippen molar-refractivity contribution in [2.75, 3.05) is 0 Å². The van der Waals surface area contributed by atoms with Gasteiger partial charge in [-0.25, -0.2) is 4.79 Å². The predicted molar refractivity (Wildman–Crippen MR) is 71.4 cm³/mol. The van der Waals surface area contributed by atoms with Crippen LogP contribution in [-0.4, -0.2) is 33.3 Å². The number of carbonyl (C=O) groups is 2. The Morgan fingerprint density at radius 3 is 2.23 bits per heavy atom. The van der Waals surface area contributed by atoms with Crippen LogP contribution in [-0.2, 0) is 16.0 Å². The van der Waals surface area contributed by atoms with Gasteiger partial charge in [0.1, 0.15) is 0 Å². The Morgan fingerprint density at radius 1 is 1.09 bits per heavy atom. The third-order valence-corrected chi connectivity index (χ3v) is 2.59. The van der Waals surface area contributed by atoms with E-state index in [1.165, 1.54) is 0 Å². The summed E-state index contributed by atoms with van der Waals surface area (Å²) in [5.41, 5.74) is 1.96. The van der Waals surface area contributed by atoms with Gasteiger partial charge in [0, 0.05) is 18.0 Å². The molecule has 0 bridgehead atoms. The van der Waals surface area contributed by atoms with Gasteiger partial charge in [-0.2, -0.15) is 13.2 Å². The molecular weight excluding hydrogens is 303 g/mol. The average molecular weight is 315 g/mol. The van der Waals surface area contributed by atoms with Crippen molar-refractivity contribution in [2.45, 2.75) is 19.0 Å². The second-order valence-electron chi connectivity index (χ2n) is 4.18. The number of carboxylic acids is 2. The number of pyridine rings is 1. The topological polar surface area (TPSA) is 87.5 Å². The Labute approximate surface area is 123 Å². The van der Waals surface area contributed by atoms with Crippen LogP contribution in [0.5, 0.6) is 0 Å². The molecule has 0 fully saturated rings. The molecule has 0 aliphatic carbocycles. The first kappa shape index (κ1) is 17.4. The van der Waals surface area contributed by atoms with Crippen LogP contribution in [0, 0.1) is 0 Å². The molecule has 1 heterocycles. The van der Waals surface area contributed by atoms with Gasteiger partial charge in [-0.05, 0) is 24.1 Å². The van der Waals surface area contributed by atoms with E-state index in [0.29, 0.717) is 6.42 Å². The lowest BCUT2D eigenvalue weighted by molar-refractivity contribution is -0.192. The zero-order valence-corrected chi connectivity index (χ0v) is 11.2. The lowest BCUT2D eigenvalue weighted by Gasteiger charge is -2.03. The van der Waals surface area contributed by atoms with Crippen molar-refractivity contribution >= 4 is 22.8 Å². The summed E-state index contributed by atoms with van der Waals surface area (Å²) in [5.74, 6) is -3.52. The Kier molecular flexibility index (Phi) is 5.85. The molecule has 0 amide bonds. The number of hydrogen-bond donors (Lipinski definition) is 2. The van der Waals surface area contributed by atoms with Crippen LogP contribution in [0.3, 0.4) is 0 Å². The molecule has 2 N–H and O–H groups in total. The third-order valence-electron chi connectivity index (χ3n) is 2.59. The summed E-state index contributed by atoms with van der Waals surface area (Å²) >= 11 is 0. The van der Waals surface area contributed by atoms with E-state index in [1.54, 1.807) is 6.20 Å². The first-order valence-electron chi connectivity index (χ1n) is 6.06. The van der Waals surface area contributed by atoms with Crippen molar-refractivity contribution in [3.8, 4) is 0 Å². The number of halogens is 3. The number of aliphatic carboxylic acids is 2. The number of benzene rings is 1. The zero-order valence-electron chi connectivity index (χ0n) is 11.2. The van der Waals surface area contributed by atoms with Gasteiger partial charge in [-0.1, -0.05) is 18.2 Å². The lowest BCUT2D eigenvalue weighted by atomic mass is 10.1. The molecule has 2 aromatic rings. The molecule has 0 saturated heterocycles. The first-order chi connectivity index (χ1) is 10.2. The summed E-state index contributed by atoms with van der Waals surface area (Å²) in [7, 11) is 0. The minimum Gasteiger partial charge on any atom is -0.481 e. The molecular formula is C14H12F3NO4. The maximum atomic E-state index is 10.6. The second kappa shape index (κ2) is 7.39. The number of carboxylic acid groups (broad SMARTS) is 2. The van der Waals surface area contributed by atoms with Crippen molar-refractivity contribution in [3.63, 3.8) is 0 Å². The van der Waals surface area contributed by atoms with Gasteiger partial charge in [0.25, 0.3) is 0 Å². The normalized spacial score (nSPS) is 10.7. The molecule has 0 radical (unpaired) electrons. The number of alkyl halides is 3. The number of aromatic nitrogens is 1. The van der Waals surface area contributed by atoms with E-state index in [4.69, 9.17) is 15.0 Å². The summed E-state index contributed by atoms with van der Waals surface area (Å²) in [4.78, 5) is 23.6. The molecule has 1 aromatic carbocycles. The van der Waals surface area contributed by atoms with E-state index >= 15 is 0 Å². The lowest BCUT2D eigenvalue weighted by Crippen LogP contribution is -2.21. The molecule has 0 unspecified atom stereocenters. The second-order valence-corrected chi connectivity index (χ2v) is 4.18. The fraction of sp³-hybridized carbons (Fsp3) is 0.214. The fourth-order valence-corrected chi connectivity index (χ4v) is 1.61. The van der Waals surface area contributed by atoms with Gasteiger partial charge in [0.05, 0.1) is 5.52 Å². The molecule has 5 nitrogen and oxygen atoms in total. The fourth-order valence-electron chi connectivity index (χ4n) is 1.61. The Hall–Kier alpha value is -2.64. The van der Waals surface area contributed by atoms with Gasteiger partial charge in [0.15, 0.2) is 0 Å². The third kappa shape index (κ3) is 5.39. The average Bonchev–Trinajstić information content (AvgIpc) is 2.44. The van der Waals surface area contributed by atoms with E-state index in [0.717, 1.165) is 16.5 Å². The Bertz CT molecular complexity index is 665. The molecule has 0 aliphatic rings. The number of para-hydroxylation sites is 1. The van der Waals surface area contributed by atoms with Crippen LogP contribution in [0.4, 0.5) is 13.2 Å². The zero-order chi connectivity index (χ0) is 16.8. The summed E-state index contributed by atoms with van der Waals surface area (Å²) in [6.45, 7) is 0. The summed E-state index contributed by atoms with van der Waals surface area (Å²) in [6, 6.07) is 9.65. The van der Waals surface area contributed by atoms with Crippen molar-refractivity contribution in [3.05, 3.63) is 42.1 Å². The van der Waals surface area contributed by atoms with Crippen LogP contribution in [0.1, 0.15) is 12.0 Å². The molecule has 8 heteroatoms. The molecule has 0 atom stereocenters. The van der Waals surface area contributed by atoms with Crippen molar-refractivity contribution < 1.29 is 33.0 Å². The number of rotatable bonds is 3. The summed E-state index contributed by atoms with van der Waals surface area (Å²) < 4.78 is 31.7. The van der Waals surface area contributed by atoms with E-state index < -0.39 is 18.1 Å². The number of aryl methyl sites for hydroxylation is 1. The molecule has 0 aliphatic heterocycles. The van der Waals surface area contributed by atoms with E-state index in [-0.39, 0.29) is 6.42 Å². The molecule has 1 aromatic heterocycles. The van der Waals surface area contributed by atoms with Crippen LogP contribution in [0.2, 0.25) is 0 Å². The highest BCUT2D eigenvalue weighted by Crippen LogP contribution is 2.17. The molecule has 22 heavy (non-hydrogen) atoms. The molecule has 0 saturated carbocycles. The van der Waals surface area contributed by atoms with Crippen LogP contribution >= 0.6 is 0 Å². The highest BCUT2D eigenvalue weighted by molar-refractivity contribution is 5.82. The minimum atomic E-state index is -5.08. The molecule has 0 spiro atoms. The number of nitrogens with zero attached hydrogens (tertiary/aromatic N) is 1. The largest absolute Gasteiger partial charge is 0.490 e. The summed E-state index contributed by atoms with van der Waals surface area (Å²) in [6.07, 6.45) is -2.65. The van der Waals surface area contributed by atoms with Crippen LogP contribution < -0.4 is 0 Å². The van der Waals surface area contributed by atoms with Crippen molar-refractivity contribution in [1.82, 2.24) is 4.98 Å². The SMILES string of the molecule is O=C(O)C(F)(F)F.O=C(O)CCc1ccnc2ccccc12. The highest BCUT2D eigenvalue weighted by atomic mass is 19.4. The van der Waals surface area contributed by atoms with Gasteiger partial charge in [-0.15, -0.1) is 0 Å². The van der Waals surface area contributed by atoms with Crippen LogP contribution in [0.25, 0.3) is 10.9 Å². The standard InChI is InChI=1S/C12H11NO2.C2HF3O2/c14-12(15)6-5-9-7-8-13-11-4-2-1-3-10(9)11;3-2(4,5)1(6)7/h1-4,7-8H,5-6H2,(H,14,15);(H,6,7). The van der Waals surface area contributed by atoms with Gasteiger partial charge >= 0.3 is 18.1 Å².